The van der Waals surface area contributed by atoms with E-state index in [2.05, 4.69) is 36.9 Å². The van der Waals surface area contributed by atoms with Gasteiger partial charge in [0, 0.05) is 56.6 Å². The molecule has 0 bridgehead atoms. The van der Waals surface area contributed by atoms with Crippen LogP contribution in [0.5, 0.6) is 0 Å². The van der Waals surface area contributed by atoms with Crippen LogP contribution in [0, 0.1) is 11.8 Å². The van der Waals surface area contributed by atoms with Gasteiger partial charge in [-0.3, -0.25) is 0 Å². The molecule has 5 nitrogen and oxygen atoms in total. The summed E-state index contributed by atoms with van der Waals surface area (Å²) in [4.78, 5) is 17.9. The van der Waals surface area contributed by atoms with Gasteiger partial charge in [0.15, 0.2) is 0 Å². The highest BCUT2D eigenvalue weighted by molar-refractivity contribution is 5.42. The van der Waals surface area contributed by atoms with E-state index in [1.54, 1.807) is 0 Å². The normalized spacial score (nSPS) is 25.0. The molecule has 20 heavy (non-hydrogen) atoms. The Morgan fingerprint density at radius 3 is 2.05 bits per heavy atom. The summed E-state index contributed by atoms with van der Waals surface area (Å²) in [6, 6.07) is 7.98. The van der Waals surface area contributed by atoms with Crippen LogP contribution in [-0.4, -0.2) is 41.1 Å². The lowest BCUT2D eigenvalue weighted by atomic mass is 10.0. The fourth-order valence-corrected chi connectivity index (χ4v) is 3.34. The van der Waals surface area contributed by atoms with Gasteiger partial charge in [-0.05, 0) is 18.2 Å². The number of pyridine rings is 1. The molecule has 0 spiro atoms. The molecule has 0 N–H and O–H groups in total. The number of nitrogens with zero attached hydrogens (tertiary/aromatic N) is 5. The van der Waals surface area contributed by atoms with Crippen molar-refractivity contribution < 1.29 is 0 Å². The topological polar surface area (TPSA) is 45.2 Å². The standard InChI is InChI=1S/C15H17N5/c1-2-5-16-14(4-1)19-8-12-10-20(11-13(12)9-19)15-17-6-3-7-18-15/h1-7,12-13H,8-11H2/t12-,13+. The molecule has 2 aromatic heterocycles. The molecule has 4 heterocycles. The van der Waals surface area contributed by atoms with E-state index in [1.807, 2.05) is 30.7 Å². The maximum absolute atomic E-state index is 4.45. The summed E-state index contributed by atoms with van der Waals surface area (Å²) in [5, 5.41) is 0. The number of hydrogen-bond donors (Lipinski definition) is 0. The van der Waals surface area contributed by atoms with Crippen LogP contribution in [0.4, 0.5) is 11.8 Å². The highest BCUT2D eigenvalue weighted by Gasteiger charge is 2.41. The lowest BCUT2D eigenvalue weighted by molar-refractivity contribution is 0.533. The van der Waals surface area contributed by atoms with E-state index in [4.69, 9.17) is 0 Å². The molecule has 2 saturated heterocycles. The van der Waals surface area contributed by atoms with E-state index >= 15 is 0 Å². The molecule has 0 aliphatic carbocycles. The van der Waals surface area contributed by atoms with E-state index < -0.39 is 0 Å². The first kappa shape index (κ1) is 11.6. The van der Waals surface area contributed by atoms with Gasteiger partial charge < -0.3 is 9.80 Å². The Hall–Kier alpha value is -2.17. The van der Waals surface area contributed by atoms with Gasteiger partial charge in [-0.1, -0.05) is 6.07 Å². The van der Waals surface area contributed by atoms with Gasteiger partial charge in [0.1, 0.15) is 5.82 Å². The van der Waals surface area contributed by atoms with Crippen LogP contribution in [0.3, 0.4) is 0 Å². The Labute approximate surface area is 118 Å². The average Bonchev–Trinajstić information content (AvgIpc) is 3.08. The summed E-state index contributed by atoms with van der Waals surface area (Å²) >= 11 is 0. The van der Waals surface area contributed by atoms with Crippen LogP contribution in [0.15, 0.2) is 42.9 Å². The maximum atomic E-state index is 4.45. The molecule has 0 radical (unpaired) electrons. The second-order valence-electron chi connectivity index (χ2n) is 5.57. The van der Waals surface area contributed by atoms with Crippen LogP contribution in [-0.2, 0) is 0 Å². The van der Waals surface area contributed by atoms with Crippen LogP contribution in [0.1, 0.15) is 0 Å². The van der Waals surface area contributed by atoms with Crippen molar-refractivity contribution in [2.45, 2.75) is 0 Å². The molecular weight excluding hydrogens is 250 g/mol. The molecule has 4 rings (SSSR count). The van der Waals surface area contributed by atoms with Crippen LogP contribution < -0.4 is 9.80 Å². The van der Waals surface area contributed by atoms with Crippen molar-refractivity contribution in [3.63, 3.8) is 0 Å². The van der Waals surface area contributed by atoms with Crippen molar-refractivity contribution in [3.05, 3.63) is 42.9 Å². The zero-order valence-electron chi connectivity index (χ0n) is 11.3. The molecule has 0 saturated carbocycles. The van der Waals surface area contributed by atoms with Crippen LogP contribution in [0.2, 0.25) is 0 Å². The average molecular weight is 267 g/mol. The van der Waals surface area contributed by atoms with Crippen molar-refractivity contribution in [1.29, 1.82) is 0 Å². The van der Waals surface area contributed by atoms with Gasteiger partial charge in [0.2, 0.25) is 5.95 Å². The molecule has 2 aromatic rings. The first-order valence-electron chi connectivity index (χ1n) is 7.08. The number of aromatic nitrogens is 3. The van der Waals surface area contributed by atoms with Crippen LogP contribution >= 0.6 is 0 Å². The molecule has 2 fully saturated rings. The summed E-state index contributed by atoms with van der Waals surface area (Å²) in [5.41, 5.74) is 0. The summed E-state index contributed by atoms with van der Waals surface area (Å²) in [6.45, 7) is 4.28. The maximum Gasteiger partial charge on any atom is 0.225 e. The first-order chi connectivity index (χ1) is 9.90. The molecule has 2 atom stereocenters. The smallest absolute Gasteiger partial charge is 0.225 e. The molecule has 2 aliphatic rings. The largest absolute Gasteiger partial charge is 0.356 e. The monoisotopic (exact) mass is 267 g/mol. The van der Waals surface area contributed by atoms with Crippen molar-refractivity contribution in [2.75, 3.05) is 36.0 Å². The van der Waals surface area contributed by atoms with Gasteiger partial charge in [-0.15, -0.1) is 0 Å². The van der Waals surface area contributed by atoms with E-state index in [-0.39, 0.29) is 0 Å². The Bertz CT molecular complexity index is 508. The molecule has 0 aromatic carbocycles. The minimum absolute atomic E-state index is 0.695. The third kappa shape index (κ3) is 1.99. The van der Waals surface area contributed by atoms with E-state index in [0.717, 1.165) is 37.9 Å². The second-order valence-corrected chi connectivity index (χ2v) is 5.57. The van der Waals surface area contributed by atoms with Gasteiger partial charge in [-0.2, -0.15) is 0 Å². The lowest BCUT2D eigenvalue weighted by Crippen LogP contribution is -2.30. The van der Waals surface area contributed by atoms with E-state index in [1.165, 1.54) is 0 Å². The van der Waals surface area contributed by atoms with Crippen molar-refractivity contribution in [3.8, 4) is 0 Å². The molecule has 5 heteroatoms. The zero-order chi connectivity index (χ0) is 13.4. The molecular formula is C15H17N5. The quantitative estimate of drug-likeness (QED) is 0.824. The summed E-state index contributed by atoms with van der Waals surface area (Å²) in [5.74, 6) is 3.36. The highest BCUT2D eigenvalue weighted by Crippen LogP contribution is 2.34. The fraction of sp³-hybridized carbons (Fsp3) is 0.400. The zero-order valence-corrected chi connectivity index (χ0v) is 11.3. The van der Waals surface area contributed by atoms with Gasteiger partial charge >= 0.3 is 0 Å². The Balaban J connectivity index is 1.46. The van der Waals surface area contributed by atoms with Gasteiger partial charge in [0.25, 0.3) is 0 Å². The predicted molar refractivity (Wildman–Crippen MR) is 77.7 cm³/mol. The van der Waals surface area contributed by atoms with Crippen LogP contribution in [0.25, 0.3) is 0 Å². The minimum Gasteiger partial charge on any atom is -0.356 e. The molecule has 0 unspecified atom stereocenters. The molecule has 2 aliphatic heterocycles. The van der Waals surface area contributed by atoms with Gasteiger partial charge in [0.05, 0.1) is 0 Å². The SMILES string of the molecule is c1ccc(N2C[C@@H]3CN(c4ncccn4)C[C@@H]3C2)nc1. The van der Waals surface area contributed by atoms with Crippen molar-refractivity contribution in [2.24, 2.45) is 11.8 Å². The third-order valence-corrected chi connectivity index (χ3v) is 4.29. The van der Waals surface area contributed by atoms with Crippen molar-refractivity contribution in [1.82, 2.24) is 15.0 Å². The summed E-state index contributed by atoms with van der Waals surface area (Å²) in [7, 11) is 0. The highest BCUT2D eigenvalue weighted by atomic mass is 15.3. The Kier molecular flexibility index (Phi) is 2.76. The lowest BCUT2D eigenvalue weighted by Gasteiger charge is -2.22. The van der Waals surface area contributed by atoms with E-state index in [0.29, 0.717) is 11.8 Å². The summed E-state index contributed by atoms with van der Waals surface area (Å²) < 4.78 is 0. The Morgan fingerprint density at radius 1 is 0.750 bits per heavy atom. The van der Waals surface area contributed by atoms with E-state index in [9.17, 15) is 0 Å². The fourth-order valence-electron chi connectivity index (χ4n) is 3.34. The number of anilines is 2. The van der Waals surface area contributed by atoms with Gasteiger partial charge in [-0.25, -0.2) is 15.0 Å². The van der Waals surface area contributed by atoms with Crippen molar-refractivity contribution >= 4 is 11.8 Å². The minimum atomic E-state index is 0.695. The third-order valence-electron chi connectivity index (χ3n) is 4.29. The second kappa shape index (κ2) is 4.74. The number of hydrogen-bond acceptors (Lipinski definition) is 5. The molecule has 0 amide bonds. The summed E-state index contributed by atoms with van der Waals surface area (Å²) in [6.07, 6.45) is 5.50. The number of rotatable bonds is 2. The number of fused-ring (bicyclic) bond motifs is 1. The molecule has 102 valence electrons. The Morgan fingerprint density at radius 2 is 1.40 bits per heavy atom. The first-order valence-corrected chi connectivity index (χ1v) is 7.08. The predicted octanol–water partition coefficient (Wildman–Crippen LogP) is 1.44.